The van der Waals surface area contributed by atoms with Crippen LogP contribution in [-0.4, -0.2) is 54.1 Å². The van der Waals surface area contributed by atoms with E-state index in [1.807, 2.05) is 13.8 Å². The summed E-state index contributed by atoms with van der Waals surface area (Å²) in [6.45, 7) is 4.61. The molecule has 176 valence electrons. The lowest BCUT2D eigenvalue weighted by Gasteiger charge is -2.30. The summed E-state index contributed by atoms with van der Waals surface area (Å²) in [5, 5.41) is 12.2. The standard InChI is InChI=1S/C19H30F3N7O.HI/c1-12(2)27-16(30)13-5-4-6-14(11-13)28-17(23-3)25-9-10-26-18-24-8-7-15(29-18)19(20,21)22;/h7-8,12-14H,4-6,9-11H2,1-3H3,(H,27,30)(H2,23,25,28)(H,24,26,29);1H. The van der Waals surface area contributed by atoms with E-state index in [1.165, 1.54) is 0 Å². The first-order valence-electron chi connectivity index (χ1n) is 10.1. The highest BCUT2D eigenvalue weighted by Gasteiger charge is 2.32. The van der Waals surface area contributed by atoms with Gasteiger partial charge in [0.1, 0.15) is 5.69 Å². The normalized spacial score (nSPS) is 19.4. The molecule has 0 radical (unpaired) electrons. The van der Waals surface area contributed by atoms with Gasteiger partial charge in [0.25, 0.3) is 0 Å². The van der Waals surface area contributed by atoms with E-state index >= 15 is 0 Å². The number of alkyl halides is 3. The maximum Gasteiger partial charge on any atom is 0.433 e. The lowest BCUT2D eigenvalue weighted by Crippen LogP contribution is -2.48. The molecule has 1 aliphatic carbocycles. The molecule has 0 bridgehead atoms. The SMILES string of the molecule is CN=C(NCCNc1nccc(C(F)(F)F)n1)NC1CCCC(C(=O)NC(C)C)C1.I. The van der Waals surface area contributed by atoms with Gasteiger partial charge in [0, 0.05) is 44.3 Å². The molecule has 4 N–H and O–H groups in total. The maximum absolute atomic E-state index is 12.7. The van der Waals surface area contributed by atoms with Gasteiger partial charge in [0.15, 0.2) is 5.96 Å². The minimum absolute atomic E-state index is 0. The molecule has 1 aliphatic rings. The van der Waals surface area contributed by atoms with Crippen molar-refractivity contribution in [3.8, 4) is 0 Å². The van der Waals surface area contributed by atoms with Crippen LogP contribution in [0.5, 0.6) is 0 Å². The van der Waals surface area contributed by atoms with Crippen LogP contribution in [0.1, 0.15) is 45.2 Å². The topological polar surface area (TPSA) is 103 Å². The van der Waals surface area contributed by atoms with E-state index in [0.29, 0.717) is 19.0 Å². The van der Waals surface area contributed by atoms with E-state index in [9.17, 15) is 18.0 Å². The third-order valence-electron chi connectivity index (χ3n) is 4.69. The third-order valence-corrected chi connectivity index (χ3v) is 4.69. The van der Waals surface area contributed by atoms with Crippen LogP contribution in [0.3, 0.4) is 0 Å². The molecule has 0 saturated heterocycles. The number of anilines is 1. The quantitative estimate of drug-likeness (QED) is 0.178. The molecular formula is C19H31F3IN7O. The molecule has 1 amide bonds. The number of carbonyl (C=O) groups excluding carboxylic acids is 1. The molecule has 12 heteroatoms. The fourth-order valence-electron chi connectivity index (χ4n) is 3.31. The molecule has 8 nitrogen and oxygen atoms in total. The van der Waals surface area contributed by atoms with Crippen LogP contribution in [0, 0.1) is 5.92 Å². The number of nitrogens with zero attached hydrogens (tertiary/aromatic N) is 3. The molecule has 31 heavy (non-hydrogen) atoms. The first-order valence-corrected chi connectivity index (χ1v) is 10.1. The summed E-state index contributed by atoms with van der Waals surface area (Å²) in [4.78, 5) is 23.7. The Morgan fingerprint density at radius 3 is 2.68 bits per heavy atom. The van der Waals surface area contributed by atoms with Gasteiger partial charge in [0.2, 0.25) is 11.9 Å². The number of halogens is 4. The van der Waals surface area contributed by atoms with Crippen molar-refractivity contribution in [1.82, 2.24) is 25.9 Å². The van der Waals surface area contributed by atoms with Gasteiger partial charge in [0.05, 0.1) is 0 Å². The summed E-state index contributed by atoms with van der Waals surface area (Å²) in [7, 11) is 1.64. The molecule has 1 aromatic heterocycles. The molecule has 0 aliphatic heterocycles. The number of amides is 1. The van der Waals surface area contributed by atoms with E-state index in [2.05, 4.69) is 36.2 Å². The highest BCUT2D eigenvalue weighted by atomic mass is 127. The molecule has 1 saturated carbocycles. The Hall–Kier alpha value is -1.86. The molecule has 2 unspecified atom stereocenters. The number of hydrogen-bond donors (Lipinski definition) is 4. The minimum atomic E-state index is -4.51. The zero-order chi connectivity index (χ0) is 22.1. The largest absolute Gasteiger partial charge is 0.433 e. The summed E-state index contributed by atoms with van der Waals surface area (Å²) in [5.41, 5.74) is -0.987. The minimum Gasteiger partial charge on any atom is -0.355 e. The molecular weight excluding hydrogens is 526 g/mol. The molecule has 1 fully saturated rings. The smallest absolute Gasteiger partial charge is 0.355 e. The van der Waals surface area contributed by atoms with Crippen molar-refractivity contribution in [1.29, 1.82) is 0 Å². The number of guanidine groups is 1. The van der Waals surface area contributed by atoms with Gasteiger partial charge >= 0.3 is 6.18 Å². The average Bonchev–Trinajstić information content (AvgIpc) is 2.69. The van der Waals surface area contributed by atoms with E-state index in [0.717, 1.165) is 37.9 Å². The molecule has 1 heterocycles. The van der Waals surface area contributed by atoms with Crippen LogP contribution in [0.2, 0.25) is 0 Å². The van der Waals surface area contributed by atoms with Gasteiger partial charge in [-0.05, 0) is 39.2 Å². The number of aliphatic imine (C=N–C) groups is 1. The molecule has 1 aromatic rings. The van der Waals surface area contributed by atoms with Crippen LogP contribution in [0.15, 0.2) is 17.3 Å². The maximum atomic E-state index is 12.7. The van der Waals surface area contributed by atoms with E-state index in [1.54, 1.807) is 7.05 Å². The Labute approximate surface area is 197 Å². The fourth-order valence-corrected chi connectivity index (χ4v) is 3.31. The van der Waals surface area contributed by atoms with Crippen molar-refractivity contribution in [2.45, 2.75) is 57.8 Å². The summed E-state index contributed by atoms with van der Waals surface area (Å²) < 4.78 is 38.1. The van der Waals surface area contributed by atoms with Crippen molar-refractivity contribution < 1.29 is 18.0 Å². The number of rotatable bonds is 7. The van der Waals surface area contributed by atoms with Gasteiger partial charge in [-0.1, -0.05) is 6.42 Å². The van der Waals surface area contributed by atoms with Gasteiger partial charge < -0.3 is 21.3 Å². The second-order valence-corrected chi connectivity index (χ2v) is 7.56. The van der Waals surface area contributed by atoms with Gasteiger partial charge in [-0.2, -0.15) is 13.2 Å². The van der Waals surface area contributed by atoms with Crippen LogP contribution in [0.4, 0.5) is 19.1 Å². The molecule has 0 spiro atoms. The number of hydrogen-bond acceptors (Lipinski definition) is 5. The van der Waals surface area contributed by atoms with Crippen LogP contribution in [-0.2, 0) is 11.0 Å². The second-order valence-electron chi connectivity index (χ2n) is 7.56. The lowest BCUT2D eigenvalue weighted by atomic mass is 9.85. The van der Waals surface area contributed by atoms with Gasteiger partial charge in [-0.3, -0.25) is 9.79 Å². The first kappa shape index (κ1) is 27.2. The Morgan fingerprint density at radius 1 is 1.29 bits per heavy atom. The number of nitrogens with one attached hydrogen (secondary N) is 4. The van der Waals surface area contributed by atoms with Crippen LogP contribution in [0.25, 0.3) is 0 Å². The number of carbonyl (C=O) groups is 1. The molecule has 0 aromatic carbocycles. The van der Waals surface area contributed by atoms with E-state index in [4.69, 9.17) is 0 Å². The van der Waals surface area contributed by atoms with Gasteiger partial charge in [-0.25, -0.2) is 9.97 Å². The summed E-state index contributed by atoms with van der Waals surface area (Å²) in [6, 6.07) is 1.08. The monoisotopic (exact) mass is 557 g/mol. The predicted octanol–water partition coefficient (Wildman–Crippen LogP) is 2.77. The third kappa shape index (κ3) is 9.44. The summed E-state index contributed by atoms with van der Waals surface area (Å²) in [6.07, 6.45) is 0.0789. The highest BCUT2D eigenvalue weighted by Crippen LogP contribution is 2.27. The second kappa shape index (κ2) is 12.9. The Bertz CT molecular complexity index is 731. The molecule has 2 atom stereocenters. The lowest BCUT2D eigenvalue weighted by molar-refractivity contribution is -0.141. The van der Waals surface area contributed by atoms with Gasteiger partial charge in [-0.15, -0.1) is 24.0 Å². The Morgan fingerprint density at radius 2 is 2.03 bits per heavy atom. The zero-order valence-electron chi connectivity index (χ0n) is 17.9. The van der Waals surface area contributed by atoms with Crippen molar-refractivity contribution in [2.75, 3.05) is 25.5 Å². The van der Waals surface area contributed by atoms with Crippen LogP contribution >= 0.6 is 24.0 Å². The number of aromatic nitrogens is 2. The van der Waals surface area contributed by atoms with Crippen molar-refractivity contribution in [3.05, 3.63) is 18.0 Å². The van der Waals surface area contributed by atoms with E-state index < -0.39 is 11.9 Å². The van der Waals surface area contributed by atoms with Crippen molar-refractivity contribution in [3.63, 3.8) is 0 Å². The first-order chi connectivity index (χ1) is 14.2. The predicted molar refractivity (Wildman–Crippen MR) is 124 cm³/mol. The van der Waals surface area contributed by atoms with Crippen molar-refractivity contribution in [2.24, 2.45) is 10.9 Å². The summed E-state index contributed by atoms with van der Waals surface area (Å²) >= 11 is 0. The Kier molecular flexibility index (Phi) is 11.3. The summed E-state index contributed by atoms with van der Waals surface area (Å²) in [5.74, 6) is 0.568. The molecule has 2 rings (SSSR count). The average molecular weight is 557 g/mol. The highest BCUT2D eigenvalue weighted by molar-refractivity contribution is 14.0. The van der Waals surface area contributed by atoms with Crippen molar-refractivity contribution >= 4 is 41.8 Å². The fraction of sp³-hybridized carbons (Fsp3) is 0.684. The Balaban J connectivity index is 0.00000480. The zero-order valence-corrected chi connectivity index (χ0v) is 20.3. The van der Waals surface area contributed by atoms with Crippen LogP contribution < -0.4 is 21.3 Å². The van der Waals surface area contributed by atoms with E-state index in [-0.39, 0.29) is 53.8 Å².